The molecule has 7 nitrogen and oxygen atoms in total. The van der Waals surface area contributed by atoms with E-state index in [2.05, 4.69) is 15.4 Å². The number of halogens is 2. The van der Waals surface area contributed by atoms with E-state index < -0.39 is 36.5 Å². The van der Waals surface area contributed by atoms with Crippen molar-refractivity contribution in [3.05, 3.63) is 59.7 Å². The molecule has 2 rings (SSSR count). The van der Waals surface area contributed by atoms with Crippen LogP contribution in [-0.4, -0.2) is 36.5 Å². The van der Waals surface area contributed by atoms with E-state index in [1.807, 2.05) is 6.92 Å². The fourth-order valence-corrected chi connectivity index (χ4v) is 2.73. The Labute approximate surface area is 185 Å². The van der Waals surface area contributed by atoms with Crippen LogP contribution in [0, 0.1) is 12.8 Å². The highest BCUT2D eigenvalue weighted by Crippen LogP contribution is 2.25. The summed E-state index contributed by atoms with van der Waals surface area (Å²) in [6.45, 7) is 3.62. The number of hydrogen-bond acceptors (Lipinski definition) is 5. The fraction of sp³-hybridized carbons (Fsp3) is 0.348. The third-order valence-electron chi connectivity index (χ3n) is 4.54. The molecule has 0 saturated heterocycles. The monoisotopic (exact) mass is 448 g/mol. The van der Waals surface area contributed by atoms with Gasteiger partial charge in [0.25, 0.3) is 11.8 Å². The van der Waals surface area contributed by atoms with Crippen LogP contribution in [0.5, 0.6) is 5.75 Å². The van der Waals surface area contributed by atoms with Gasteiger partial charge >= 0.3 is 12.6 Å². The number of amides is 2. The molecule has 1 unspecified atom stereocenters. The lowest BCUT2D eigenvalue weighted by atomic mass is 10.0. The highest BCUT2D eigenvalue weighted by atomic mass is 19.3. The van der Waals surface area contributed by atoms with Crippen molar-refractivity contribution in [3.8, 4) is 5.75 Å². The first kappa shape index (κ1) is 24.8. The van der Waals surface area contributed by atoms with Gasteiger partial charge in [-0.2, -0.15) is 8.78 Å². The predicted molar refractivity (Wildman–Crippen MR) is 115 cm³/mol. The molecule has 0 aliphatic rings. The molecule has 32 heavy (non-hydrogen) atoms. The SMILES string of the molecule is Cc1ccc(C(=O)N[C@H](C(=O)OC(C)C(=O)Nc2ccccc2OC(F)F)C(C)C)cc1. The molecular formula is C23H26F2N2O5. The number of aryl methyl sites for hydroxylation is 1. The van der Waals surface area contributed by atoms with E-state index in [0.29, 0.717) is 5.56 Å². The molecule has 0 aromatic heterocycles. The van der Waals surface area contributed by atoms with Crippen molar-refractivity contribution in [2.24, 2.45) is 5.92 Å². The number of nitrogens with one attached hydrogen (secondary N) is 2. The van der Waals surface area contributed by atoms with Crippen LogP contribution < -0.4 is 15.4 Å². The third-order valence-corrected chi connectivity index (χ3v) is 4.54. The molecular weight excluding hydrogens is 422 g/mol. The normalized spacial score (nSPS) is 12.8. The number of ether oxygens (including phenoxy) is 2. The average molecular weight is 448 g/mol. The first-order chi connectivity index (χ1) is 15.1. The zero-order chi connectivity index (χ0) is 23.8. The van der Waals surface area contributed by atoms with Crippen molar-refractivity contribution in [2.75, 3.05) is 5.32 Å². The molecule has 0 heterocycles. The number of para-hydroxylation sites is 2. The summed E-state index contributed by atoms with van der Waals surface area (Å²) < 4.78 is 34.7. The number of carbonyl (C=O) groups is 3. The number of rotatable bonds is 9. The Morgan fingerprint density at radius 2 is 1.56 bits per heavy atom. The van der Waals surface area contributed by atoms with Gasteiger partial charge in [0, 0.05) is 5.56 Å². The summed E-state index contributed by atoms with van der Waals surface area (Å²) >= 11 is 0. The molecule has 0 bridgehead atoms. The maximum absolute atomic E-state index is 12.6. The minimum Gasteiger partial charge on any atom is -0.451 e. The van der Waals surface area contributed by atoms with Crippen molar-refractivity contribution in [2.45, 2.75) is 46.5 Å². The van der Waals surface area contributed by atoms with Crippen LogP contribution in [0.3, 0.4) is 0 Å². The van der Waals surface area contributed by atoms with Crippen LogP contribution in [0.15, 0.2) is 48.5 Å². The number of esters is 1. The maximum Gasteiger partial charge on any atom is 0.387 e. The fourth-order valence-electron chi connectivity index (χ4n) is 2.73. The maximum atomic E-state index is 12.6. The van der Waals surface area contributed by atoms with Crippen LogP contribution in [0.25, 0.3) is 0 Å². The number of anilines is 1. The summed E-state index contributed by atoms with van der Waals surface area (Å²) in [5, 5.41) is 5.03. The number of hydrogen-bond donors (Lipinski definition) is 2. The summed E-state index contributed by atoms with van der Waals surface area (Å²) in [5.41, 5.74) is 1.38. The molecule has 0 saturated carbocycles. The molecule has 2 aromatic carbocycles. The van der Waals surface area contributed by atoms with E-state index in [-0.39, 0.29) is 17.4 Å². The first-order valence-corrected chi connectivity index (χ1v) is 10.0. The minimum absolute atomic E-state index is 0.00813. The number of alkyl halides is 2. The molecule has 0 fully saturated rings. The van der Waals surface area contributed by atoms with E-state index in [4.69, 9.17) is 4.74 Å². The second kappa shape index (κ2) is 11.2. The topological polar surface area (TPSA) is 93.7 Å². The van der Waals surface area contributed by atoms with E-state index in [1.165, 1.54) is 31.2 Å². The van der Waals surface area contributed by atoms with Gasteiger partial charge in [0.15, 0.2) is 6.10 Å². The predicted octanol–water partition coefficient (Wildman–Crippen LogP) is 3.92. The highest BCUT2D eigenvalue weighted by molar-refractivity contribution is 5.98. The Kier molecular flexibility index (Phi) is 8.69. The highest BCUT2D eigenvalue weighted by Gasteiger charge is 2.29. The van der Waals surface area contributed by atoms with Gasteiger partial charge in [-0.15, -0.1) is 0 Å². The summed E-state index contributed by atoms with van der Waals surface area (Å²) in [4.78, 5) is 37.6. The molecule has 0 spiro atoms. The van der Waals surface area contributed by atoms with E-state index in [1.54, 1.807) is 38.1 Å². The molecule has 0 aliphatic heterocycles. The molecule has 2 atom stereocenters. The van der Waals surface area contributed by atoms with Gasteiger partial charge in [-0.05, 0) is 44.0 Å². The van der Waals surface area contributed by atoms with Crippen molar-refractivity contribution < 1.29 is 32.6 Å². The van der Waals surface area contributed by atoms with Crippen molar-refractivity contribution in [1.82, 2.24) is 5.32 Å². The molecule has 9 heteroatoms. The Balaban J connectivity index is 2.02. The van der Waals surface area contributed by atoms with Crippen LogP contribution in [-0.2, 0) is 14.3 Å². The summed E-state index contributed by atoms with van der Waals surface area (Å²) in [6.07, 6.45) is -1.25. The van der Waals surface area contributed by atoms with Crippen LogP contribution >= 0.6 is 0 Å². The van der Waals surface area contributed by atoms with Crippen LogP contribution in [0.4, 0.5) is 14.5 Å². The van der Waals surface area contributed by atoms with E-state index in [9.17, 15) is 23.2 Å². The largest absolute Gasteiger partial charge is 0.451 e. The van der Waals surface area contributed by atoms with Gasteiger partial charge in [-0.1, -0.05) is 43.7 Å². The first-order valence-electron chi connectivity index (χ1n) is 10.0. The zero-order valence-corrected chi connectivity index (χ0v) is 18.2. The second-order valence-corrected chi connectivity index (χ2v) is 7.50. The quantitative estimate of drug-likeness (QED) is 0.567. The van der Waals surface area contributed by atoms with Crippen molar-refractivity contribution >= 4 is 23.5 Å². The van der Waals surface area contributed by atoms with Gasteiger partial charge in [0.2, 0.25) is 0 Å². The Bertz CT molecular complexity index is 948. The number of carbonyl (C=O) groups excluding carboxylic acids is 3. The third kappa shape index (κ3) is 7.04. The number of benzene rings is 2. The van der Waals surface area contributed by atoms with E-state index in [0.717, 1.165) is 5.56 Å². The lowest BCUT2D eigenvalue weighted by Gasteiger charge is -2.23. The zero-order valence-electron chi connectivity index (χ0n) is 18.2. The molecule has 172 valence electrons. The molecule has 2 N–H and O–H groups in total. The second-order valence-electron chi connectivity index (χ2n) is 7.50. The lowest BCUT2D eigenvalue weighted by Crippen LogP contribution is -2.47. The Morgan fingerprint density at radius 1 is 0.938 bits per heavy atom. The molecule has 2 amide bonds. The van der Waals surface area contributed by atoms with Gasteiger partial charge in [0.05, 0.1) is 5.69 Å². The standard InChI is InChI=1S/C23H26F2N2O5/c1-13(2)19(27-21(29)16-11-9-14(3)10-12-16)22(30)31-15(4)20(28)26-17-7-5-6-8-18(17)32-23(24)25/h5-13,15,19,23H,1-4H3,(H,26,28)(H,27,29)/t15?,19-/m0/s1. The van der Waals surface area contributed by atoms with E-state index >= 15 is 0 Å². The summed E-state index contributed by atoms with van der Waals surface area (Å²) in [5.74, 6) is -2.51. The average Bonchev–Trinajstić information content (AvgIpc) is 2.72. The lowest BCUT2D eigenvalue weighted by molar-refractivity contribution is -0.156. The van der Waals surface area contributed by atoms with Gasteiger partial charge in [-0.25, -0.2) is 4.79 Å². The Morgan fingerprint density at radius 3 is 2.16 bits per heavy atom. The Hall–Kier alpha value is -3.49. The summed E-state index contributed by atoms with van der Waals surface area (Å²) in [6, 6.07) is 11.5. The molecule has 2 aromatic rings. The molecule has 0 radical (unpaired) electrons. The van der Waals surface area contributed by atoms with Gasteiger partial charge in [-0.3, -0.25) is 9.59 Å². The van der Waals surface area contributed by atoms with Gasteiger partial charge < -0.3 is 20.1 Å². The minimum atomic E-state index is -3.06. The van der Waals surface area contributed by atoms with Crippen LogP contribution in [0.1, 0.15) is 36.7 Å². The molecule has 0 aliphatic carbocycles. The smallest absolute Gasteiger partial charge is 0.387 e. The van der Waals surface area contributed by atoms with Crippen LogP contribution in [0.2, 0.25) is 0 Å². The van der Waals surface area contributed by atoms with Gasteiger partial charge in [0.1, 0.15) is 11.8 Å². The van der Waals surface area contributed by atoms with Crippen molar-refractivity contribution in [3.63, 3.8) is 0 Å². The summed E-state index contributed by atoms with van der Waals surface area (Å²) in [7, 11) is 0. The van der Waals surface area contributed by atoms with Crippen molar-refractivity contribution in [1.29, 1.82) is 0 Å².